The lowest BCUT2D eigenvalue weighted by molar-refractivity contribution is -0.141. The Labute approximate surface area is 146 Å². The molecule has 1 atom stereocenters. The highest BCUT2D eigenvalue weighted by atomic mass is 32.1. The largest absolute Gasteiger partial charge is 0.465 e. The Morgan fingerprint density at radius 2 is 1.88 bits per heavy atom. The van der Waals surface area contributed by atoms with Crippen molar-refractivity contribution < 1.29 is 14.3 Å². The van der Waals surface area contributed by atoms with Gasteiger partial charge in [0.15, 0.2) is 0 Å². The smallest absolute Gasteiger partial charge is 0.302 e. The molecule has 0 aromatic heterocycles. The molecule has 1 amide bonds. The Balaban J connectivity index is 1.94. The third-order valence-electron chi connectivity index (χ3n) is 4.13. The predicted octanol–water partition coefficient (Wildman–Crippen LogP) is 3.62. The zero-order chi connectivity index (χ0) is 17.1. The summed E-state index contributed by atoms with van der Waals surface area (Å²) < 4.78 is 5.26. The maximum absolute atomic E-state index is 11.8. The van der Waals surface area contributed by atoms with Crippen LogP contribution in [0.25, 0.3) is 11.1 Å². The molecule has 0 bridgehead atoms. The summed E-state index contributed by atoms with van der Waals surface area (Å²) in [7, 11) is 0. The molecular weight excluding hydrogens is 322 g/mol. The van der Waals surface area contributed by atoms with E-state index in [0.29, 0.717) is 18.8 Å². The predicted molar refractivity (Wildman–Crippen MR) is 97.5 cm³/mol. The quantitative estimate of drug-likeness (QED) is 0.645. The van der Waals surface area contributed by atoms with Gasteiger partial charge in [0, 0.05) is 24.9 Å². The molecule has 2 aromatic rings. The molecule has 0 aliphatic heterocycles. The van der Waals surface area contributed by atoms with Gasteiger partial charge in [0.2, 0.25) is 5.91 Å². The first-order valence-electron chi connectivity index (χ1n) is 7.87. The summed E-state index contributed by atoms with van der Waals surface area (Å²) >= 11 is 4.08. The first kappa shape index (κ1) is 16.6. The molecule has 0 saturated carbocycles. The molecule has 0 radical (unpaired) electrons. The Morgan fingerprint density at radius 3 is 2.62 bits per heavy atom. The van der Waals surface area contributed by atoms with Crippen LogP contribution in [0.15, 0.2) is 42.5 Å². The van der Waals surface area contributed by atoms with Crippen LogP contribution in [0.4, 0.5) is 5.69 Å². The molecule has 1 aliphatic rings. The number of hydrogen-bond acceptors (Lipinski definition) is 4. The zero-order valence-corrected chi connectivity index (χ0v) is 14.3. The van der Waals surface area contributed by atoms with Crippen molar-refractivity contribution in [2.45, 2.75) is 19.3 Å². The molecule has 5 heteroatoms. The molecule has 1 unspecified atom stereocenters. The van der Waals surface area contributed by atoms with Crippen LogP contribution in [0.3, 0.4) is 0 Å². The number of carbonyl (C=O) groups is 2. The van der Waals surface area contributed by atoms with E-state index in [4.69, 9.17) is 4.74 Å². The van der Waals surface area contributed by atoms with E-state index in [1.165, 1.54) is 6.92 Å². The molecular formula is C19H19NO3S. The third kappa shape index (κ3) is 3.31. The molecule has 0 fully saturated rings. The number of esters is 1. The van der Waals surface area contributed by atoms with Gasteiger partial charge >= 0.3 is 5.97 Å². The van der Waals surface area contributed by atoms with Crippen LogP contribution in [0.5, 0.6) is 0 Å². The average molecular weight is 341 g/mol. The lowest BCUT2D eigenvalue weighted by atomic mass is 9.97. The topological polar surface area (TPSA) is 55.4 Å². The van der Waals surface area contributed by atoms with E-state index in [0.717, 1.165) is 27.9 Å². The van der Waals surface area contributed by atoms with Crippen molar-refractivity contribution in [3.05, 3.63) is 53.6 Å². The Bertz CT molecular complexity index is 788. The molecule has 1 N–H and O–H groups in total. The maximum Gasteiger partial charge on any atom is 0.302 e. The van der Waals surface area contributed by atoms with E-state index in [2.05, 4.69) is 30.1 Å². The minimum Gasteiger partial charge on any atom is -0.465 e. The Morgan fingerprint density at radius 1 is 1.12 bits per heavy atom. The van der Waals surface area contributed by atoms with Crippen LogP contribution in [0.1, 0.15) is 30.4 Å². The Hall–Kier alpha value is -2.27. The van der Waals surface area contributed by atoms with Gasteiger partial charge in [-0.25, -0.2) is 0 Å². The van der Waals surface area contributed by atoms with E-state index in [-0.39, 0.29) is 17.8 Å². The van der Waals surface area contributed by atoms with Crippen molar-refractivity contribution in [1.82, 2.24) is 0 Å². The van der Waals surface area contributed by atoms with Crippen molar-refractivity contribution in [1.29, 1.82) is 0 Å². The summed E-state index contributed by atoms with van der Waals surface area (Å²) in [6.07, 6.45) is 0.372. The van der Waals surface area contributed by atoms with Crippen LogP contribution in [0.2, 0.25) is 0 Å². The molecule has 24 heavy (non-hydrogen) atoms. The summed E-state index contributed by atoms with van der Waals surface area (Å²) in [5.41, 5.74) is 5.24. The number of carbonyl (C=O) groups excluding carboxylic acids is 2. The number of benzene rings is 2. The van der Waals surface area contributed by atoms with Crippen molar-refractivity contribution in [2.75, 3.05) is 17.7 Å². The lowest BCUT2D eigenvalue weighted by Crippen LogP contribution is -2.13. The maximum atomic E-state index is 11.8. The SMILES string of the molecule is CC(=O)OCC1c2ccccc2-c2ccc(NC(=O)CCS)cc21. The summed E-state index contributed by atoms with van der Waals surface area (Å²) in [6, 6.07) is 14.0. The third-order valence-corrected chi connectivity index (χ3v) is 4.35. The number of anilines is 1. The minimum atomic E-state index is -0.292. The van der Waals surface area contributed by atoms with E-state index >= 15 is 0 Å². The van der Waals surface area contributed by atoms with E-state index in [1.807, 2.05) is 30.3 Å². The van der Waals surface area contributed by atoms with Gasteiger partial charge in [0.05, 0.1) is 0 Å². The molecule has 1 aliphatic carbocycles. The van der Waals surface area contributed by atoms with Crippen LogP contribution in [-0.4, -0.2) is 24.2 Å². The number of nitrogens with one attached hydrogen (secondary N) is 1. The summed E-state index contributed by atoms with van der Waals surface area (Å²) in [5, 5.41) is 2.89. The second-order valence-corrected chi connectivity index (χ2v) is 6.21. The summed E-state index contributed by atoms with van der Waals surface area (Å²) in [4.78, 5) is 23.0. The molecule has 0 saturated heterocycles. The van der Waals surface area contributed by atoms with E-state index in [1.54, 1.807) is 0 Å². The minimum absolute atomic E-state index is 0.0122. The summed E-state index contributed by atoms with van der Waals surface area (Å²) in [5.74, 6) is 0.148. The normalized spacial score (nSPS) is 14.7. The number of ether oxygens (including phenoxy) is 1. The highest BCUT2D eigenvalue weighted by Gasteiger charge is 2.29. The molecule has 0 spiro atoms. The van der Waals surface area contributed by atoms with Crippen LogP contribution >= 0.6 is 12.6 Å². The van der Waals surface area contributed by atoms with Gasteiger partial charge in [0.1, 0.15) is 6.61 Å². The van der Waals surface area contributed by atoms with Gasteiger partial charge in [-0.05, 0) is 40.1 Å². The average Bonchev–Trinajstić information content (AvgIpc) is 2.86. The monoisotopic (exact) mass is 341 g/mol. The second kappa shape index (κ2) is 7.09. The first-order chi connectivity index (χ1) is 11.6. The highest BCUT2D eigenvalue weighted by molar-refractivity contribution is 7.80. The van der Waals surface area contributed by atoms with Gasteiger partial charge in [-0.2, -0.15) is 12.6 Å². The standard InChI is InChI=1S/C19H19NO3S/c1-12(21)23-11-18-15-5-3-2-4-14(15)16-7-6-13(10-17(16)18)20-19(22)8-9-24/h2-7,10,18,24H,8-9,11H2,1H3,(H,20,22). The highest BCUT2D eigenvalue weighted by Crippen LogP contribution is 2.45. The van der Waals surface area contributed by atoms with Gasteiger partial charge in [-0.1, -0.05) is 30.3 Å². The number of fused-ring (bicyclic) bond motifs is 3. The van der Waals surface area contributed by atoms with Crippen molar-refractivity contribution >= 4 is 30.2 Å². The van der Waals surface area contributed by atoms with Crippen molar-refractivity contribution in [3.8, 4) is 11.1 Å². The van der Waals surface area contributed by atoms with E-state index < -0.39 is 0 Å². The van der Waals surface area contributed by atoms with Gasteiger partial charge in [-0.3, -0.25) is 9.59 Å². The zero-order valence-electron chi connectivity index (χ0n) is 13.4. The molecule has 0 heterocycles. The van der Waals surface area contributed by atoms with Crippen molar-refractivity contribution in [2.24, 2.45) is 0 Å². The first-order valence-corrected chi connectivity index (χ1v) is 8.50. The summed E-state index contributed by atoms with van der Waals surface area (Å²) in [6.45, 7) is 1.71. The van der Waals surface area contributed by atoms with E-state index in [9.17, 15) is 9.59 Å². The van der Waals surface area contributed by atoms with Gasteiger partial charge in [0.25, 0.3) is 0 Å². The lowest BCUT2D eigenvalue weighted by Gasteiger charge is -2.14. The van der Waals surface area contributed by atoms with Crippen LogP contribution in [-0.2, 0) is 14.3 Å². The van der Waals surface area contributed by atoms with Gasteiger partial charge in [-0.15, -0.1) is 0 Å². The fourth-order valence-electron chi connectivity index (χ4n) is 3.09. The number of rotatable bonds is 5. The molecule has 2 aromatic carbocycles. The number of hydrogen-bond donors (Lipinski definition) is 2. The molecule has 4 nitrogen and oxygen atoms in total. The van der Waals surface area contributed by atoms with Crippen LogP contribution in [0, 0.1) is 0 Å². The number of amides is 1. The molecule has 3 rings (SSSR count). The van der Waals surface area contributed by atoms with Gasteiger partial charge < -0.3 is 10.1 Å². The number of thiol groups is 1. The fraction of sp³-hybridized carbons (Fsp3) is 0.263. The van der Waals surface area contributed by atoms with Crippen molar-refractivity contribution in [3.63, 3.8) is 0 Å². The Kier molecular flexibility index (Phi) is 4.90. The van der Waals surface area contributed by atoms with Crippen LogP contribution < -0.4 is 5.32 Å². The fourth-order valence-corrected chi connectivity index (χ4v) is 3.30. The second-order valence-electron chi connectivity index (χ2n) is 5.77. The molecule has 124 valence electrons.